The molecule has 0 spiro atoms. The Morgan fingerprint density at radius 2 is 0.942 bits per heavy atom. The highest BCUT2D eigenvalue weighted by Crippen LogP contribution is 2.26. The SMILES string of the molecule is CCCCCCCCCCCCC/C=C/C(O)C(COC1OC(CO)C(O)C(O)C1OC(=O)CCCCCCCCCCCCC)NC(=O)C(O)CCCCCCCCCCCCCCCCCC. The number of ether oxygens (including phenoxy) is 3. The standard InChI is InChI=1S/C58H111NO10/c1-4-7-10-13-16-19-22-24-25-26-28-31-33-36-39-42-45-51(62)57(66)59-49(50(61)44-41-38-35-32-30-27-23-20-17-14-11-8-5-2)48-67-58-56(55(65)54(64)52(47-60)68-58)69-53(63)46-43-40-37-34-29-21-18-15-12-9-6-3/h41,44,49-52,54-56,58,60-62,64-65H,4-40,42-43,45-48H2,1-3H3,(H,59,66)/b44-41+. The Morgan fingerprint density at radius 1 is 0.551 bits per heavy atom. The second kappa shape index (κ2) is 47.4. The molecular weight excluding hydrogens is 871 g/mol. The van der Waals surface area contributed by atoms with Crippen LogP contribution in [0.25, 0.3) is 0 Å². The van der Waals surface area contributed by atoms with Crippen molar-refractivity contribution in [2.75, 3.05) is 13.2 Å². The van der Waals surface area contributed by atoms with Crippen LogP contribution in [0.3, 0.4) is 0 Å². The van der Waals surface area contributed by atoms with E-state index in [1.54, 1.807) is 6.08 Å². The molecule has 408 valence electrons. The lowest BCUT2D eigenvalue weighted by molar-refractivity contribution is -0.305. The zero-order chi connectivity index (χ0) is 50.4. The van der Waals surface area contributed by atoms with Crippen LogP contribution in [0, 0.1) is 0 Å². The molecule has 0 aliphatic carbocycles. The first-order valence-electron chi connectivity index (χ1n) is 29.5. The Labute approximate surface area is 423 Å². The Hall–Kier alpha value is -1.60. The van der Waals surface area contributed by atoms with Crippen molar-refractivity contribution in [2.24, 2.45) is 0 Å². The van der Waals surface area contributed by atoms with Crippen molar-refractivity contribution in [1.82, 2.24) is 5.32 Å². The van der Waals surface area contributed by atoms with Crippen molar-refractivity contribution >= 4 is 11.9 Å². The summed E-state index contributed by atoms with van der Waals surface area (Å²) < 4.78 is 17.6. The van der Waals surface area contributed by atoms with E-state index in [1.807, 2.05) is 6.08 Å². The number of hydrogen-bond donors (Lipinski definition) is 6. The Balaban J connectivity index is 2.71. The van der Waals surface area contributed by atoms with Crippen LogP contribution in [-0.4, -0.2) is 99.6 Å². The van der Waals surface area contributed by atoms with Gasteiger partial charge in [-0.25, -0.2) is 0 Å². The maximum absolute atomic E-state index is 13.4. The van der Waals surface area contributed by atoms with Crippen molar-refractivity contribution in [2.45, 2.75) is 333 Å². The van der Waals surface area contributed by atoms with E-state index in [1.165, 1.54) is 180 Å². The summed E-state index contributed by atoms with van der Waals surface area (Å²) in [7, 11) is 0. The summed E-state index contributed by atoms with van der Waals surface area (Å²) >= 11 is 0. The van der Waals surface area contributed by atoms with Gasteiger partial charge < -0.3 is 45.1 Å². The van der Waals surface area contributed by atoms with Crippen LogP contribution >= 0.6 is 0 Å². The quantitative estimate of drug-likeness (QED) is 0.0195. The van der Waals surface area contributed by atoms with Gasteiger partial charge in [-0.1, -0.05) is 264 Å². The van der Waals surface area contributed by atoms with Gasteiger partial charge in [0.2, 0.25) is 5.91 Å². The maximum Gasteiger partial charge on any atom is 0.306 e. The molecule has 0 radical (unpaired) electrons. The lowest BCUT2D eigenvalue weighted by atomic mass is 9.99. The fraction of sp³-hybridized carbons (Fsp3) is 0.931. The molecular formula is C58H111NO10. The minimum absolute atomic E-state index is 0.130. The number of rotatable bonds is 50. The van der Waals surface area contributed by atoms with E-state index < -0.39 is 67.4 Å². The zero-order valence-electron chi connectivity index (χ0n) is 45.0. The van der Waals surface area contributed by atoms with Gasteiger partial charge in [0.25, 0.3) is 0 Å². The minimum atomic E-state index is -1.60. The highest BCUT2D eigenvalue weighted by Gasteiger charge is 2.47. The highest BCUT2D eigenvalue weighted by atomic mass is 16.7. The number of carbonyl (C=O) groups is 2. The molecule has 0 bridgehead atoms. The third-order valence-corrected chi connectivity index (χ3v) is 14.2. The van der Waals surface area contributed by atoms with Gasteiger partial charge in [-0.05, 0) is 25.7 Å². The molecule has 0 saturated carbocycles. The lowest BCUT2D eigenvalue weighted by Gasteiger charge is -2.41. The van der Waals surface area contributed by atoms with E-state index in [0.717, 1.165) is 57.8 Å². The molecule has 11 nitrogen and oxygen atoms in total. The van der Waals surface area contributed by atoms with Crippen LogP contribution in [0.15, 0.2) is 12.2 Å². The molecule has 1 amide bonds. The molecule has 1 aliphatic rings. The van der Waals surface area contributed by atoms with Crippen LogP contribution in [-0.2, 0) is 23.8 Å². The predicted molar refractivity (Wildman–Crippen MR) is 283 cm³/mol. The molecule has 0 aromatic heterocycles. The van der Waals surface area contributed by atoms with Gasteiger partial charge in [-0.2, -0.15) is 0 Å². The monoisotopic (exact) mass is 982 g/mol. The number of aliphatic hydroxyl groups is 5. The summed E-state index contributed by atoms with van der Waals surface area (Å²) in [6.07, 6.45) is 41.1. The second-order valence-corrected chi connectivity index (χ2v) is 20.7. The summed E-state index contributed by atoms with van der Waals surface area (Å²) in [5.74, 6) is -1.18. The number of nitrogens with one attached hydrogen (secondary N) is 1. The number of hydrogen-bond acceptors (Lipinski definition) is 10. The first kappa shape index (κ1) is 65.4. The smallest absolute Gasteiger partial charge is 0.306 e. The molecule has 6 N–H and O–H groups in total. The Bertz CT molecular complexity index is 1170. The van der Waals surface area contributed by atoms with E-state index >= 15 is 0 Å². The van der Waals surface area contributed by atoms with Gasteiger partial charge in [0.1, 0.15) is 24.4 Å². The second-order valence-electron chi connectivity index (χ2n) is 20.7. The Morgan fingerprint density at radius 3 is 1.36 bits per heavy atom. The fourth-order valence-corrected chi connectivity index (χ4v) is 9.48. The van der Waals surface area contributed by atoms with Gasteiger partial charge in [0.15, 0.2) is 12.4 Å². The number of aliphatic hydroxyl groups excluding tert-OH is 5. The van der Waals surface area contributed by atoms with Gasteiger partial charge in [0.05, 0.1) is 25.4 Å². The van der Waals surface area contributed by atoms with Gasteiger partial charge in [0, 0.05) is 6.42 Å². The van der Waals surface area contributed by atoms with Gasteiger partial charge in [-0.15, -0.1) is 0 Å². The number of carbonyl (C=O) groups excluding carboxylic acids is 2. The number of unbranched alkanes of at least 4 members (excludes halogenated alkanes) is 36. The van der Waals surface area contributed by atoms with Gasteiger partial charge >= 0.3 is 5.97 Å². The van der Waals surface area contributed by atoms with Crippen molar-refractivity contribution in [3.63, 3.8) is 0 Å². The molecule has 8 unspecified atom stereocenters. The van der Waals surface area contributed by atoms with Crippen molar-refractivity contribution in [3.8, 4) is 0 Å². The molecule has 0 aromatic carbocycles. The average Bonchev–Trinajstić information content (AvgIpc) is 3.34. The van der Waals surface area contributed by atoms with Crippen LogP contribution in [0.2, 0.25) is 0 Å². The molecule has 8 atom stereocenters. The first-order chi connectivity index (χ1) is 33.7. The van der Waals surface area contributed by atoms with E-state index in [2.05, 4.69) is 26.1 Å². The lowest BCUT2D eigenvalue weighted by Crippen LogP contribution is -2.61. The third-order valence-electron chi connectivity index (χ3n) is 14.2. The summed E-state index contributed by atoms with van der Waals surface area (Å²) in [5, 5.41) is 56.8. The fourth-order valence-electron chi connectivity index (χ4n) is 9.48. The summed E-state index contributed by atoms with van der Waals surface area (Å²) in [6, 6.07) is -1.01. The summed E-state index contributed by atoms with van der Waals surface area (Å²) in [5.41, 5.74) is 0. The number of allylic oxidation sites excluding steroid dienone is 1. The van der Waals surface area contributed by atoms with Crippen LogP contribution < -0.4 is 5.32 Å². The minimum Gasteiger partial charge on any atom is -0.454 e. The summed E-state index contributed by atoms with van der Waals surface area (Å²) in [4.78, 5) is 26.4. The molecule has 1 aliphatic heterocycles. The maximum atomic E-state index is 13.4. The zero-order valence-corrected chi connectivity index (χ0v) is 45.0. The van der Waals surface area contributed by atoms with Crippen molar-refractivity contribution in [1.29, 1.82) is 0 Å². The molecule has 1 rings (SSSR count). The van der Waals surface area contributed by atoms with Crippen molar-refractivity contribution < 1.29 is 49.3 Å². The molecule has 11 heteroatoms. The molecule has 1 heterocycles. The molecule has 0 aromatic rings. The van der Waals surface area contributed by atoms with E-state index in [9.17, 15) is 35.1 Å². The summed E-state index contributed by atoms with van der Waals surface area (Å²) in [6.45, 7) is 5.79. The van der Waals surface area contributed by atoms with E-state index in [-0.39, 0.29) is 13.0 Å². The van der Waals surface area contributed by atoms with Crippen LogP contribution in [0.1, 0.15) is 284 Å². The number of amides is 1. The van der Waals surface area contributed by atoms with Crippen LogP contribution in [0.5, 0.6) is 0 Å². The molecule has 1 saturated heterocycles. The first-order valence-corrected chi connectivity index (χ1v) is 29.5. The molecule has 69 heavy (non-hydrogen) atoms. The average molecular weight is 983 g/mol. The van der Waals surface area contributed by atoms with E-state index in [4.69, 9.17) is 14.2 Å². The van der Waals surface area contributed by atoms with Crippen LogP contribution in [0.4, 0.5) is 0 Å². The third kappa shape index (κ3) is 36.1. The topological polar surface area (TPSA) is 175 Å². The van der Waals surface area contributed by atoms with E-state index in [0.29, 0.717) is 19.3 Å². The van der Waals surface area contributed by atoms with Gasteiger partial charge in [-0.3, -0.25) is 9.59 Å². The normalized spacial score (nSPS) is 19.8. The highest BCUT2D eigenvalue weighted by molar-refractivity contribution is 5.80. The predicted octanol–water partition coefficient (Wildman–Crippen LogP) is 13.2. The Kier molecular flexibility index (Phi) is 44.9. The largest absolute Gasteiger partial charge is 0.454 e. The van der Waals surface area contributed by atoms with Crippen molar-refractivity contribution in [3.05, 3.63) is 12.2 Å². The molecule has 1 fully saturated rings. The number of esters is 1.